The third-order valence-electron chi connectivity index (χ3n) is 3.59. The van der Waals surface area contributed by atoms with E-state index in [-0.39, 0.29) is 0 Å². The largest absolute Gasteiger partial charge is 0.144 e. The normalized spacial score (nSPS) is 14.9. The van der Waals surface area contributed by atoms with Gasteiger partial charge >= 0.3 is 0 Å². The summed E-state index contributed by atoms with van der Waals surface area (Å²) < 4.78 is 0. The second-order valence-corrected chi connectivity index (χ2v) is 47.7. The van der Waals surface area contributed by atoms with Crippen LogP contribution < -0.4 is 0 Å². The second kappa shape index (κ2) is 4.02. The van der Waals surface area contributed by atoms with Gasteiger partial charge in [0, 0.05) is 22.8 Å². The highest BCUT2D eigenvalue weighted by molar-refractivity contribution is 7.91. The van der Waals surface area contributed by atoms with Gasteiger partial charge in [-0.3, -0.25) is 0 Å². The Hall–Kier alpha value is 0.428. The lowest BCUT2D eigenvalue weighted by Gasteiger charge is -2.53. The summed E-state index contributed by atoms with van der Waals surface area (Å²) in [4.78, 5) is 0. The fraction of sp³-hybridized carbons (Fsp3) is 0.818. The van der Waals surface area contributed by atoms with E-state index < -0.39 is 29.4 Å². The van der Waals surface area contributed by atoms with Crippen molar-refractivity contribution >= 4 is 29.4 Å². The van der Waals surface area contributed by atoms with Crippen LogP contribution in [0.15, 0.2) is 0 Å². The molecule has 0 saturated heterocycles. The maximum Gasteiger partial charge on any atom is 0.114 e. The molecule has 0 N–H and O–H groups in total. The van der Waals surface area contributed by atoms with E-state index in [2.05, 4.69) is 64.5 Å². The maximum atomic E-state index is 6.08. The van der Waals surface area contributed by atoms with E-state index in [1.807, 2.05) is 0 Å². The van der Waals surface area contributed by atoms with Crippen LogP contribution >= 0.6 is 0 Å². The highest BCUT2D eigenvalue weighted by atomic mass is 29.9. The number of hydrogen-bond donors (Lipinski definition) is 0. The molecule has 88 valence electrons. The van der Waals surface area contributed by atoms with Crippen LogP contribution in [0.1, 0.15) is 0 Å². The molecular formula is C11H28Si4. The fourth-order valence-corrected chi connectivity index (χ4v) is 97.0. The van der Waals surface area contributed by atoms with Gasteiger partial charge in [0.2, 0.25) is 0 Å². The maximum absolute atomic E-state index is 6.08. The van der Waals surface area contributed by atoms with Crippen LogP contribution in [0.5, 0.6) is 0 Å². The van der Waals surface area contributed by atoms with Gasteiger partial charge in [0.05, 0.1) is 0 Å². The number of terminal acetylenes is 1. The summed E-state index contributed by atoms with van der Waals surface area (Å²) in [6.07, 6.45) is 6.08. The molecule has 0 atom stereocenters. The van der Waals surface area contributed by atoms with E-state index in [1.165, 1.54) is 0 Å². The van der Waals surface area contributed by atoms with E-state index in [0.717, 1.165) is 0 Å². The molecule has 0 nitrogen and oxygen atoms in total. The van der Waals surface area contributed by atoms with Crippen molar-refractivity contribution in [3.63, 3.8) is 0 Å². The zero-order valence-corrected chi connectivity index (χ0v) is 16.1. The van der Waals surface area contributed by atoms with Crippen LogP contribution in [0.2, 0.25) is 58.9 Å². The zero-order chi connectivity index (χ0) is 12.7. The van der Waals surface area contributed by atoms with Crippen molar-refractivity contribution < 1.29 is 0 Å². The molecule has 0 heterocycles. The molecule has 0 amide bonds. The van der Waals surface area contributed by atoms with Gasteiger partial charge in [-0.15, -0.1) is 12.0 Å². The van der Waals surface area contributed by atoms with Gasteiger partial charge in [-0.05, 0) is 0 Å². The Labute approximate surface area is 100 Å². The Morgan fingerprint density at radius 3 is 0.800 bits per heavy atom. The Kier molecular flexibility index (Phi) is 4.14. The minimum Gasteiger partial charge on any atom is -0.144 e. The van der Waals surface area contributed by atoms with E-state index in [9.17, 15) is 0 Å². The van der Waals surface area contributed by atoms with Crippen molar-refractivity contribution in [2.45, 2.75) is 58.9 Å². The summed E-state index contributed by atoms with van der Waals surface area (Å²) in [6, 6.07) is 0. The molecule has 0 aliphatic rings. The standard InChI is InChI=1S/C11H28Si4/c1-11-15(12(2,3)4,13(5,6)7)14(8,9)10/h1H,2-10H3. The summed E-state index contributed by atoms with van der Waals surface area (Å²) >= 11 is 0. The van der Waals surface area contributed by atoms with Crippen LogP contribution in [-0.4, -0.2) is 29.4 Å². The van der Waals surface area contributed by atoms with E-state index >= 15 is 0 Å². The molecule has 0 saturated carbocycles. The van der Waals surface area contributed by atoms with Gasteiger partial charge in [-0.1, -0.05) is 58.9 Å². The lowest BCUT2D eigenvalue weighted by atomic mass is 11.4. The van der Waals surface area contributed by atoms with E-state index in [1.54, 1.807) is 0 Å². The topological polar surface area (TPSA) is 0 Å². The first-order valence-electron chi connectivity index (χ1n) is 5.79. The SMILES string of the molecule is C#C[Si]([Si](C)(C)C)([Si](C)(C)C)[Si](C)(C)C. The smallest absolute Gasteiger partial charge is 0.114 e. The molecule has 0 aromatic carbocycles. The molecule has 0 fully saturated rings. The Bertz CT molecular complexity index is 231. The molecular weight excluding hydrogens is 244 g/mol. The number of hydrogen-bond acceptors (Lipinski definition) is 0. The van der Waals surface area contributed by atoms with Gasteiger partial charge < -0.3 is 0 Å². The van der Waals surface area contributed by atoms with Gasteiger partial charge in [-0.2, -0.15) is 0 Å². The Morgan fingerprint density at radius 1 is 0.600 bits per heavy atom. The molecule has 15 heavy (non-hydrogen) atoms. The van der Waals surface area contributed by atoms with Crippen LogP contribution in [0, 0.1) is 12.0 Å². The zero-order valence-electron chi connectivity index (χ0n) is 12.1. The molecule has 0 aliphatic heterocycles. The third kappa shape index (κ3) is 2.41. The van der Waals surface area contributed by atoms with E-state index in [4.69, 9.17) is 6.42 Å². The first kappa shape index (κ1) is 15.4. The monoisotopic (exact) mass is 272 g/mol. The van der Waals surface area contributed by atoms with Gasteiger partial charge in [-0.25, -0.2) is 0 Å². The van der Waals surface area contributed by atoms with Crippen molar-refractivity contribution in [1.29, 1.82) is 0 Å². The molecule has 0 unspecified atom stereocenters. The molecule has 0 rings (SSSR count). The van der Waals surface area contributed by atoms with Crippen molar-refractivity contribution in [2.75, 3.05) is 0 Å². The van der Waals surface area contributed by atoms with Crippen LogP contribution in [0.25, 0.3) is 0 Å². The molecule has 0 aliphatic carbocycles. The predicted molar refractivity (Wildman–Crippen MR) is 84.6 cm³/mol. The molecule has 0 bridgehead atoms. The first-order valence-corrected chi connectivity index (χ1v) is 21.3. The van der Waals surface area contributed by atoms with Gasteiger partial charge in [0.1, 0.15) is 6.63 Å². The molecule has 4 heteroatoms. The minimum absolute atomic E-state index is 1.18. The summed E-state index contributed by atoms with van der Waals surface area (Å²) in [7, 11) is -3.54. The fourth-order valence-electron chi connectivity index (χ4n) is 4.02. The molecule has 0 spiro atoms. The lowest BCUT2D eigenvalue weighted by Crippen LogP contribution is -2.82. The highest BCUT2D eigenvalue weighted by Crippen LogP contribution is 2.35. The highest BCUT2D eigenvalue weighted by Gasteiger charge is 2.61. The van der Waals surface area contributed by atoms with Crippen LogP contribution in [0.3, 0.4) is 0 Å². The van der Waals surface area contributed by atoms with Crippen molar-refractivity contribution in [3.05, 3.63) is 0 Å². The van der Waals surface area contributed by atoms with Gasteiger partial charge in [0.15, 0.2) is 0 Å². The minimum atomic E-state index is -1.43. The summed E-state index contributed by atoms with van der Waals surface area (Å²) in [6.45, 7) is 21.3. The summed E-state index contributed by atoms with van der Waals surface area (Å²) in [5.74, 6) is 0. The first-order chi connectivity index (χ1) is 6.31. The van der Waals surface area contributed by atoms with E-state index in [0.29, 0.717) is 0 Å². The van der Waals surface area contributed by atoms with Gasteiger partial charge in [0.25, 0.3) is 0 Å². The average Bonchev–Trinajstić information content (AvgIpc) is 1.76. The van der Waals surface area contributed by atoms with Crippen LogP contribution in [-0.2, 0) is 0 Å². The van der Waals surface area contributed by atoms with Crippen molar-refractivity contribution in [3.8, 4) is 12.0 Å². The second-order valence-electron chi connectivity index (χ2n) is 7.64. The number of rotatable bonds is 3. The lowest BCUT2D eigenvalue weighted by molar-refractivity contribution is 1.75. The predicted octanol–water partition coefficient (Wildman–Crippen LogP) is 3.86. The summed E-state index contributed by atoms with van der Waals surface area (Å²) in [5, 5.41) is 0. The Morgan fingerprint density at radius 2 is 0.800 bits per heavy atom. The molecule has 0 radical (unpaired) electrons. The van der Waals surface area contributed by atoms with Crippen molar-refractivity contribution in [1.82, 2.24) is 0 Å². The third-order valence-corrected chi connectivity index (χ3v) is 72.8. The average molecular weight is 273 g/mol. The quantitative estimate of drug-likeness (QED) is 0.541. The summed E-state index contributed by atoms with van der Waals surface area (Å²) in [5.41, 5.74) is 3.46. The molecule has 0 aromatic rings. The molecule has 0 aromatic heterocycles. The van der Waals surface area contributed by atoms with Crippen molar-refractivity contribution in [2.24, 2.45) is 0 Å². The van der Waals surface area contributed by atoms with Crippen LogP contribution in [0.4, 0.5) is 0 Å². The Balaban J connectivity index is 5.93.